The number of halogens is 3. The van der Waals surface area contributed by atoms with E-state index in [1.165, 1.54) is 6.07 Å². The van der Waals surface area contributed by atoms with Gasteiger partial charge in [-0.1, -0.05) is 13.0 Å². The van der Waals surface area contributed by atoms with E-state index in [4.69, 9.17) is 17.4 Å². The molecule has 308 valence electrons. The summed E-state index contributed by atoms with van der Waals surface area (Å²) in [6.07, 6.45) is 0.165. The first-order valence-electron chi connectivity index (χ1n) is 19.3. The van der Waals surface area contributed by atoms with Gasteiger partial charge in [0.25, 0.3) is 5.91 Å². The number of nitrogens with zero attached hydrogens (tertiary/aromatic N) is 5. The summed E-state index contributed by atoms with van der Waals surface area (Å²) < 4.78 is 47.5. The van der Waals surface area contributed by atoms with Crippen molar-refractivity contribution in [2.75, 3.05) is 40.1 Å². The van der Waals surface area contributed by atoms with E-state index in [-0.39, 0.29) is 42.4 Å². The fourth-order valence-electron chi connectivity index (χ4n) is 7.89. The van der Waals surface area contributed by atoms with Gasteiger partial charge in [0.2, 0.25) is 17.7 Å². The number of aromatic nitrogens is 1. The van der Waals surface area contributed by atoms with E-state index in [0.29, 0.717) is 48.2 Å². The van der Waals surface area contributed by atoms with E-state index >= 15 is 0 Å². The lowest BCUT2D eigenvalue weighted by molar-refractivity contribution is -0.138. The molecule has 1 unspecified atom stereocenters. The molecule has 3 aromatic rings. The second-order valence-corrected chi connectivity index (χ2v) is 15.9. The third-order valence-electron chi connectivity index (χ3n) is 11.1. The lowest BCUT2D eigenvalue weighted by Gasteiger charge is -2.37. The third kappa shape index (κ3) is 9.18. The number of amides is 4. The molecule has 1 aromatic heterocycles. The SMILES string of the molecule is CCc1cc(N2[C@@H](S)N(c3cnc(C#N)c(C(F)(F)F)c3)C(=O)C2(C)C)ccc1OCC[C@@H]1CCN(CC(=O)Nc2cccc(NC3CCC(=O)NC3=O)c2)[C@H](C)C1. The molecule has 4 heterocycles. The van der Waals surface area contributed by atoms with Gasteiger partial charge in [0.15, 0.2) is 11.2 Å². The maximum Gasteiger partial charge on any atom is 0.419 e. The molecule has 58 heavy (non-hydrogen) atoms. The molecule has 0 aliphatic carbocycles. The molecule has 17 heteroatoms. The number of ether oxygens (including phenoxy) is 1. The van der Waals surface area contributed by atoms with Crippen LogP contribution in [0.15, 0.2) is 54.7 Å². The van der Waals surface area contributed by atoms with Crippen LogP contribution in [0.2, 0.25) is 0 Å². The molecule has 3 aliphatic heterocycles. The van der Waals surface area contributed by atoms with Gasteiger partial charge in [0.1, 0.15) is 23.4 Å². The van der Waals surface area contributed by atoms with Crippen molar-refractivity contribution in [3.05, 3.63) is 71.5 Å². The van der Waals surface area contributed by atoms with Gasteiger partial charge < -0.3 is 20.3 Å². The number of benzene rings is 2. The number of hydrogen-bond acceptors (Lipinski definition) is 11. The minimum absolute atomic E-state index is 0.116. The molecule has 0 saturated carbocycles. The number of carbonyl (C=O) groups excluding carboxylic acids is 4. The van der Waals surface area contributed by atoms with Crippen molar-refractivity contribution in [3.8, 4) is 11.8 Å². The van der Waals surface area contributed by atoms with Crippen molar-refractivity contribution in [1.82, 2.24) is 15.2 Å². The van der Waals surface area contributed by atoms with Gasteiger partial charge in [0.05, 0.1) is 30.6 Å². The number of nitrogens with one attached hydrogen (secondary N) is 3. The molecular weight excluding hydrogens is 774 g/mol. The second kappa shape index (κ2) is 17.3. The van der Waals surface area contributed by atoms with Crippen LogP contribution in [0.1, 0.15) is 76.6 Å². The van der Waals surface area contributed by atoms with Crippen molar-refractivity contribution in [1.29, 1.82) is 5.26 Å². The van der Waals surface area contributed by atoms with Crippen LogP contribution in [0.5, 0.6) is 5.75 Å². The zero-order valence-electron chi connectivity index (χ0n) is 32.7. The predicted octanol–water partition coefficient (Wildman–Crippen LogP) is 6.10. The molecule has 6 rings (SSSR count). The lowest BCUT2D eigenvalue weighted by atomic mass is 9.89. The number of hydrogen-bond donors (Lipinski definition) is 4. The Morgan fingerprint density at radius 2 is 1.86 bits per heavy atom. The Bertz CT molecular complexity index is 2110. The topological polar surface area (TPSA) is 160 Å². The van der Waals surface area contributed by atoms with Crippen molar-refractivity contribution < 1.29 is 37.1 Å². The van der Waals surface area contributed by atoms with Crippen LogP contribution in [0.3, 0.4) is 0 Å². The summed E-state index contributed by atoms with van der Waals surface area (Å²) in [5.41, 5.74) is -1.45. The van der Waals surface area contributed by atoms with E-state index in [2.05, 4.69) is 32.8 Å². The van der Waals surface area contributed by atoms with Crippen LogP contribution < -0.4 is 30.5 Å². The Morgan fingerprint density at radius 3 is 2.55 bits per heavy atom. The number of aryl methyl sites for hydroxylation is 1. The molecule has 0 spiro atoms. The number of piperidine rings is 2. The minimum Gasteiger partial charge on any atom is -0.493 e. The highest BCUT2D eigenvalue weighted by atomic mass is 32.1. The average molecular weight is 821 g/mol. The van der Waals surface area contributed by atoms with Crippen molar-refractivity contribution in [2.24, 2.45) is 5.92 Å². The summed E-state index contributed by atoms with van der Waals surface area (Å²) in [5, 5.41) is 17.6. The van der Waals surface area contributed by atoms with Crippen LogP contribution >= 0.6 is 12.6 Å². The Morgan fingerprint density at radius 1 is 1.10 bits per heavy atom. The van der Waals surface area contributed by atoms with E-state index in [1.807, 2.05) is 25.1 Å². The first kappa shape index (κ1) is 42.3. The van der Waals surface area contributed by atoms with E-state index in [9.17, 15) is 37.6 Å². The van der Waals surface area contributed by atoms with Crippen LogP contribution in [0, 0.1) is 17.2 Å². The summed E-state index contributed by atoms with van der Waals surface area (Å²) in [7, 11) is 0. The average Bonchev–Trinajstić information content (AvgIpc) is 3.35. The molecular formula is C41H47F3N8O5S. The van der Waals surface area contributed by atoms with Crippen LogP contribution in [-0.2, 0) is 31.8 Å². The zero-order chi connectivity index (χ0) is 41.9. The second-order valence-electron chi connectivity index (χ2n) is 15.4. The maximum absolute atomic E-state index is 13.7. The summed E-state index contributed by atoms with van der Waals surface area (Å²) in [6.45, 7) is 8.95. The summed E-state index contributed by atoms with van der Waals surface area (Å²) in [6, 6.07) is 14.6. The molecule has 13 nitrogen and oxygen atoms in total. The highest BCUT2D eigenvalue weighted by Crippen LogP contribution is 2.43. The lowest BCUT2D eigenvalue weighted by Crippen LogP contribution is -2.47. The minimum atomic E-state index is -4.84. The van der Waals surface area contributed by atoms with E-state index < -0.39 is 40.4 Å². The molecule has 0 radical (unpaired) electrons. The third-order valence-corrected chi connectivity index (χ3v) is 11.5. The fourth-order valence-corrected chi connectivity index (χ4v) is 8.55. The van der Waals surface area contributed by atoms with Crippen molar-refractivity contribution in [2.45, 2.75) is 95.5 Å². The van der Waals surface area contributed by atoms with E-state index in [1.54, 1.807) is 43.0 Å². The van der Waals surface area contributed by atoms with Gasteiger partial charge in [-0.05, 0) is 113 Å². The number of nitriles is 1. The predicted molar refractivity (Wildman–Crippen MR) is 215 cm³/mol. The van der Waals surface area contributed by atoms with Gasteiger partial charge >= 0.3 is 6.18 Å². The quantitative estimate of drug-likeness (QED) is 0.124. The number of carbonyl (C=O) groups is 4. The maximum atomic E-state index is 13.7. The molecule has 0 bridgehead atoms. The summed E-state index contributed by atoms with van der Waals surface area (Å²) in [5.74, 6) is -0.157. The Hall–Kier alpha value is -5.34. The standard InChI is InChI=1S/C41H47F3N8O5S/c1-5-26-18-29(52-39(58)51(38(56)40(52,3)4)30-20-31(41(42,43)44)33(21-45)46-22-30)9-11-34(26)57-16-14-25-13-15-50(24(2)17-25)23-36(54)48-28-8-6-7-27(19-28)47-32-10-12-35(53)49-37(32)55/h6-9,11,18-20,22,24-25,32,39,47,58H,5,10,12-17,23H2,1-4H3,(H,48,54)(H,49,53,55)/t24-,25+,32?,39+/m1/s1. The molecule has 3 saturated heterocycles. The van der Waals surface area contributed by atoms with Crippen LogP contribution in [-0.4, -0.2) is 76.3 Å². The number of alkyl halides is 3. The van der Waals surface area contributed by atoms with Gasteiger partial charge in [-0.25, -0.2) is 4.98 Å². The highest BCUT2D eigenvalue weighted by molar-refractivity contribution is 7.81. The summed E-state index contributed by atoms with van der Waals surface area (Å²) >= 11 is 4.70. The highest BCUT2D eigenvalue weighted by Gasteiger charge is 2.52. The molecule has 3 N–H and O–H groups in total. The number of likely N-dealkylation sites (tertiary alicyclic amines) is 1. The first-order valence-corrected chi connectivity index (χ1v) is 19.8. The summed E-state index contributed by atoms with van der Waals surface area (Å²) in [4.78, 5) is 59.1. The Balaban J connectivity index is 1.01. The zero-order valence-corrected chi connectivity index (χ0v) is 33.6. The van der Waals surface area contributed by atoms with Gasteiger partial charge in [0, 0.05) is 29.5 Å². The van der Waals surface area contributed by atoms with Gasteiger partial charge in [-0.2, -0.15) is 18.4 Å². The smallest absolute Gasteiger partial charge is 0.419 e. The number of pyridine rings is 1. The molecule has 3 aliphatic rings. The number of imide groups is 1. The van der Waals surface area contributed by atoms with Crippen LogP contribution in [0.4, 0.5) is 35.9 Å². The first-order chi connectivity index (χ1) is 27.5. The molecule has 2 aromatic carbocycles. The monoisotopic (exact) mass is 820 g/mol. The van der Waals surface area contributed by atoms with Gasteiger partial charge in [-0.3, -0.25) is 34.3 Å². The number of thiol groups is 1. The molecule has 3 fully saturated rings. The molecule has 4 amide bonds. The number of rotatable bonds is 12. The van der Waals surface area contributed by atoms with E-state index in [0.717, 1.165) is 48.5 Å². The Labute approximate surface area is 340 Å². The molecule has 4 atom stereocenters. The van der Waals surface area contributed by atoms with Crippen LogP contribution in [0.25, 0.3) is 0 Å². The normalized spacial score (nSPS) is 22.4. The number of anilines is 4. The fraction of sp³-hybridized carbons (Fsp3) is 0.463. The van der Waals surface area contributed by atoms with Crippen molar-refractivity contribution >= 4 is 59.0 Å². The van der Waals surface area contributed by atoms with Crippen molar-refractivity contribution in [3.63, 3.8) is 0 Å². The largest absolute Gasteiger partial charge is 0.493 e. The van der Waals surface area contributed by atoms with Gasteiger partial charge in [-0.15, -0.1) is 12.6 Å². The Kier molecular flexibility index (Phi) is 12.6.